The molecule has 0 amide bonds. The van der Waals surface area contributed by atoms with Crippen LogP contribution in [0.15, 0.2) is 18.5 Å². The van der Waals surface area contributed by atoms with E-state index in [2.05, 4.69) is 30.2 Å². The standard InChI is InChI=1S/C14H22N2O2/c1-4-16-14(12-5-10(2)18-9-12)11-6-13(17-3)8-15-7-11/h6-8,10,12,14,16H,4-5,9H2,1-3H3. The first-order valence-electron chi connectivity index (χ1n) is 6.58. The van der Waals surface area contributed by atoms with Crippen molar-refractivity contribution in [2.24, 2.45) is 5.92 Å². The summed E-state index contributed by atoms with van der Waals surface area (Å²) in [6.07, 6.45) is 5.10. The number of methoxy groups -OCH3 is 1. The predicted octanol–water partition coefficient (Wildman–Crippen LogP) is 2.17. The van der Waals surface area contributed by atoms with E-state index in [1.807, 2.05) is 6.20 Å². The molecule has 1 aliphatic rings. The van der Waals surface area contributed by atoms with Crippen LogP contribution >= 0.6 is 0 Å². The summed E-state index contributed by atoms with van der Waals surface area (Å²) in [5.74, 6) is 1.32. The Balaban J connectivity index is 2.17. The van der Waals surface area contributed by atoms with Crippen LogP contribution in [0.4, 0.5) is 0 Å². The van der Waals surface area contributed by atoms with E-state index in [9.17, 15) is 0 Å². The Hall–Kier alpha value is -1.13. The fraction of sp³-hybridized carbons (Fsp3) is 0.643. The van der Waals surface area contributed by atoms with E-state index in [-0.39, 0.29) is 0 Å². The van der Waals surface area contributed by atoms with E-state index >= 15 is 0 Å². The zero-order valence-corrected chi connectivity index (χ0v) is 11.3. The van der Waals surface area contributed by atoms with Gasteiger partial charge in [0.15, 0.2) is 0 Å². The highest BCUT2D eigenvalue weighted by Crippen LogP contribution is 2.32. The van der Waals surface area contributed by atoms with Gasteiger partial charge in [0.1, 0.15) is 5.75 Å². The maximum Gasteiger partial charge on any atom is 0.137 e. The van der Waals surface area contributed by atoms with Crippen LogP contribution in [0.1, 0.15) is 31.9 Å². The number of pyridine rings is 1. The number of hydrogen-bond donors (Lipinski definition) is 1. The third kappa shape index (κ3) is 3.00. The van der Waals surface area contributed by atoms with Crippen LogP contribution < -0.4 is 10.1 Å². The Morgan fingerprint density at radius 2 is 2.39 bits per heavy atom. The number of nitrogens with zero attached hydrogens (tertiary/aromatic N) is 1. The number of rotatable bonds is 5. The minimum atomic E-state index is 0.294. The lowest BCUT2D eigenvalue weighted by Crippen LogP contribution is -2.28. The molecular formula is C14H22N2O2. The lowest BCUT2D eigenvalue weighted by molar-refractivity contribution is 0.117. The third-order valence-corrected chi connectivity index (χ3v) is 3.45. The van der Waals surface area contributed by atoms with Crippen molar-refractivity contribution in [2.45, 2.75) is 32.4 Å². The van der Waals surface area contributed by atoms with Crippen molar-refractivity contribution in [3.05, 3.63) is 24.0 Å². The second kappa shape index (κ2) is 6.16. The fourth-order valence-electron chi connectivity index (χ4n) is 2.58. The van der Waals surface area contributed by atoms with Gasteiger partial charge in [0.2, 0.25) is 0 Å². The van der Waals surface area contributed by atoms with Crippen LogP contribution in [-0.2, 0) is 4.74 Å². The molecule has 1 aromatic rings. The summed E-state index contributed by atoms with van der Waals surface area (Å²) in [6, 6.07) is 2.35. The molecule has 0 saturated carbocycles. The van der Waals surface area contributed by atoms with E-state index < -0.39 is 0 Å². The monoisotopic (exact) mass is 250 g/mol. The molecule has 0 radical (unpaired) electrons. The molecule has 2 rings (SSSR count). The van der Waals surface area contributed by atoms with Gasteiger partial charge in [-0.3, -0.25) is 4.98 Å². The van der Waals surface area contributed by atoms with Gasteiger partial charge < -0.3 is 14.8 Å². The molecule has 1 saturated heterocycles. The van der Waals surface area contributed by atoms with Gasteiger partial charge in [-0.1, -0.05) is 6.92 Å². The molecule has 18 heavy (non-hydrogen) atoms. The molecule has 3 atom stereocenters. The van der Waals surface area contributed by atoms with Gasteiger partial charge in [0.05, 0.1) is 26.0 Å². The van der Waals surface area contributed by atoms with Gasteiger partial charge in [-0.25, -0.2) is 0 Å². The first kappa shape index (κ1) is 13.3. The fourth-order valence-corrected chi connectivity index (χ4v) is 2.58. The van der Waals surface area contributed by atoms with Crippen LogP contribution in [0.25, 0.3) is 0 Å². The van der Waals surface area contributed by atoms with E-state index in [0.717, 1.165) is 25.3 Å². The molecule has 1 N–H and O–H groups in total. The molecule has 0 aliphatic carbocycles. The van der Waals surface area contributed by atoms with E-state index in [1.165, 1.54) is 5.56 Å². The van der Waals surface area contributed by atoms with Gasteiger partial charge in [-0.15, -0.1) is 0 Å². The second-order valence-corrected chi connectivity index (χ2v) is 4.83. The first-order valence-corrected chi connectivity index (χ1v) is 6.58. The summed E-state index contributed by atoms with van der Waals surface area (Å²) < 4.78 is 10.9. The topological polar surface area (TPSA) is 43.4 Å². The summed E-state index contributed by atoms with van der Waals surface area (Å²) >= 11 is 0. The van der Waals surface area contributed by atoms with Crippen molar-refractivity contribution in [2.75, 3.05) is 20.3 Å². The van der Waals surface area contributed by atoms with Gasteiger partial charge >= 0.3 is 0 Å². The largest absolute Gasteiger partial charge is 0.495 e. The minimum Gasteiger partial charge on any atom is -0.495 e. The Labute approximate surface area is 109 Å². The van der Waals surface area contributed by atoms with Crippen LogP contribution in [-0.4, -0.2) is 31.3 Å². The van der Waals surface area contributed by atoms with E-state index in [1.54, 1.807) is 13.3 Å². The van der Waals surface area contributed by atoms with Crippen molar-refractivity contribution in [3.63, 3.8) is 0 Å². The smallest absolute Gasteiger partial charge is 0.137 e. The van der Waals surface area contributed by atoms with Crippen LogP contribution in [0.2, 0.25) is 0 Å². The summed E-state index contributed by atoms with van der Waals surface area (Å²) in [6.45, 7) is 6.01. The Morgan fingerprint density at radius 1 is 1.56 bits per heavy atom. The number of aromatic nitrogens is 1. The predicted molar refractivity (Wildman–Crippen MR) is 70.7 cm³/mol. The van der Waals surface area contributed by atoms with Gasteiger partial charge in [-0.05, 0) is 31.5 Å². The van der Waals surface area contributed by atoms with E-state index in [4.69, 9.17) is 9.47 Å². The molecule has 0 aromatic carbocycles. The normalized spacial score (nSPS) is 25.1. The van der Waals surface area contributed by atoms with Crippen molar-refractivity contribution < 1.29 is 9.47 Å². The molecule has 1 aromatic heterocycles. The highest BCUT2D eigenvalue weighted by atomic mass is 16.5. The number of hydrogen-bond acceptors (Lipinski definition) is 4. The molecule has 0 spiro atoms. The molecule has 3 unspecified atom stereocenters. The highest BCUT2D eigenvalue weighted by molar-refractivity contribution is 5.26. The van der Waals surface area contributed by atoms with Crippen molar-refractivity contribution in [1.82, 2.24) is 10.3 Å². The minimum absolute atomic E-state index is 0.294. The van der Waals surface area contributed by atoms with Crippen molar-refractivity contribution >= 4 is 0 Å². The maximum absolute atomic E-state index is 5.68. The maximum atomic E-state index is 5.68. The molecular weight excluding hydrogens is 228 g/mol. The van der Waals surface area contributed by atoms with Crippen LogP contribution in [0.5, 0.6) is 5.75 Å². The molecule has 1 aliphatic heterocycles. The molecule has 2 heterocycles. The SMILES string of the molecule is CCNC(c1cncc(OC)c1)C1COC(C)C1. The molecule has 1 fully saturated rings. The first-order chi connectivity index (χ1) is 8.74. The average molecular weight is 250 g/mol. The second-order valence-electron chi connectivity index (χ2n) is 4.83. The lowest BCUT2D eigenvalue weighted by Gasteiger charge is -2.23. The van der Waals surface area contributed by atoms with Gasteiger partial charge in [0, 0.05) is 18.2 Å². The zero-order chi connectivity index (χ0) is 13.0. The van der Waals surface area contributed by atoms with Crippen molar-refractivity contribution in [1.29, 1.82) is 0 Å². The van der Waals surface area contributed by atoms with Gasteiger partial charge in [-0.2, -0.15) is 0 Å². The molecule has 4 nitrogen and oxygen atoms in total. The lowest BCUT2D eigenvalue weighted by atomic mass is 9.92. The summed E-state index contributed by atoms with van der Waals surface area (Å²) in [4.78, 5) is 4.24. The molecule has 0 bridgehead atoms. The van der Waals surface area contributed by atoms with Crippen LogP contribution in [0.3, 0.4) is 0 Å². The Morgan fingerprint density at radius 3 is 3.00 bits per heavy atom. The van der Waals surface area contributed by atoms with Crippen molar-refractivity contribution in [3.8, 4) is 5.75 Å². The summed E-state index contributed by atoms with van der Waals surface area (Å²) in [7, 11) is 1.67. The van der Waals surface area contributed by atoms with Crippen LogP contribution in [0, 0.1) is 5.92 Å². The number of ether oxygens (including phenoxy) is 2. The molecule has 4 heteroatoms. The Bertz CT molecular complexity index is 384. The third-order valence-electron chi connectivity index (χ3n) is 3.45. The number of nitrogens with one attached hydrogen (secondary N) is 1. The van der Waals surface area contributed by atoms with Gasteiger partial charge in [0.25, 0.3) is 0 Å². The highest BCUT2D eigenvalue weighted by Gasteiger charge is 2.30. The zero-order valence-electron chi connectivity index (χ0n) is 11.3. The molecule has 100 valence electrons. The van der Waals surface area contributed by atoms with E-state index in [0.29, 0.717) is 18.1 Å². The average Bonchev–Trinajstić information content (AvgIpc) is 2.82. The summed E-state index contributed by atoms with van der Waals surface area (Å²) in [5, 5.41) is 3.54. The quantitative estimate of drug-likeness (QED) is 0.869. The Kier molecular flexibility index (Phi) is 4.55. The summed E-state index contributed by atoms with van der Waals surface area (Å²) in [5.41, 5.74) is 1.18.